The van der Waals surface area contributed by atoms with Crippen LogP contribution in [0.3, 0.4) is 0 Å². The van der Waals surface area contributed by atoms with Crippen LogP contribution < -0.4 is 20.4 Å². The molecule has 13 heteroatoms. The molecule has 39 heavy (non-hydrogen) atoms. The van der Waals surface area contributed by atoms with Gasteiger partial charge in [-0.1, -0.05) is 0 Å². The number of carboxylic acids is 1. The number of alkyl carbamates (subject to hydrolysis) is 1. The number of alkyl halides is 2. The molecule has 0 bridgehead atoms. The Bertz CT molecular complexity index is 1390. The van der Waals surface area contributed by atoms with Crippen molar-refractivity contribution >= 4 is 28.7 Å². The number of amides is 1. The number of carbonyl (C=O) groups is 2. The Hall–Kier alpha value is -3.48. The third-order valence-electron chi connectivity index (χ3n) is 7.32. The molecular weight excluding hydrogens is 523 g/mol. The Kier molecular flexibility index (Phi) is 6.68. The average molecular weight is 554 g/mol. The Morgan fingerprint density at radius 3 is 2.62 bits per heavy atom. The minimum atomic E-state index is -3.34. The van der Waals surface area contributed by atoms with E-state index in [-0.39, 0.29) is 48.2 Å². The van der Waals surface area contributed by atoms with Gasteiger partial charge < -0.3 is 34.1 Å². The van der Waals surface area contributed by atoms with Gasteiger partial charge in [0.2, 0.25) is 5.43 Å². The molecule has 1 amide bonds. The van der Waals surface area contributed by atoms with Gasteiger partial charge in [-0.3, -0.25) is 4.79 Å². The first-order valence-corrected chi connectivity index (χ1v) is 12.7. The first kappa shape index (κ1) is 27.1. The highest BCUT2D eigenvalue weighted by molar-refractivity contribution is 5.97. The predicted octanol–water partition coefficient (Wildman–Crippen LogP) is 3.90. The van der Waals surface area contributed by atoms with Crippen molar-refractivity contribution < 1.29 is 42.1 Å². The lowest BCUT2D eigenvalue weighted by Crippen LogP contribution is -2.49. The van der Waals surface area contributed by atoms with Gasteiger partial charge in [0, 0.05) is 37.9 Å². The van der Waals surface area contributed by atoms with Gasteiger partial charge in [0.1, 0.15) is 22.5 Å². The predicted molar refractivity (Wildman–Crippen MR) is 133 cm³/mol. The number of rotatable bonds is 7. The highest BCUT2D eigenvalue weighted by Gasteiger charge is 2.52. The Labute approximate surface area is 221 Å². The molecule has 1 aromatic heterocycles. The Morgan fingerprint density at radius 1 is 1.28 bits per heavy atom. The summed E-state index contributed by atoms with van der Waals surface area (Å²) >= 11 is 0. The molecule has 10 nitrogen and oxygen atoms in total. The van der Waals surface area contributed by atoms with Crippen LogP contribution in [0.4, 0.5) is 23.7 Å². The van der Waals surface area contributed by atoms with Crippen molar-refractivity contribution in [3.8, 4) is 5.75 Å². The summed E-state index contributed by atoms with van der Waals surface area (Å²) in [6, 6.07) is 0.646. The van der Waals surface area contributed by atoms with Crippen molar-refractivity contribution in [1.29, 1.82) is 0 Å². The highest BCUT2D eigenvalue weighted by atomic mass is 19.3. The summed E-state index contributed by atoms with van der Waals surface area (Å²) in [5, 5.41) is 11.9. The summed E-state index contributed by atoms with van der Waals surface area (Å²) in [5.74, 6) is -3.20. The van der Waals surface area contributed by atoms with Gasteiger partial charge in [-0.25, -0.2) is 14.0 Å². The zero-order chi connectivity index (χ0) is 28.3. The molecule has 3 aliphatic rings. The lowest BCUT2D eigenvalue weighted by Gasteiger charge is -2.30. The molecule has 212 valence electrons. The standard InChI is InChI=1S/C26H30F3N3O7/c1-25(2,3)39-24(36)30-11-26-12-31(9-13(26)6-7-37-26)19-17(27)8-15-18(21(19)38-23(28)29)32(14-4-5-14)10-16(20(15)33)22(34)35/h8,10,13-14,23H,4-7,9,11-12H2,1-3H3,(H,30,36)(H,34,35)/t13?,26-/m1/s1. The van der Waals surface area contributed by atoms with Crippen molar-refractivity contribution in [3.63, 3.8) is 0 Å². The average Bonchev–Trinajstić information content (AvgIpc) is 3.49. The topological polar surface area (TPSA) is 119 Å². The molecule has 2 atom stereocenters. The number of ether oxygens (including phenoxy) is 3. The van der Waals surface area contributed by atoms with E-state index in [1.165, 1.54) is 9.47 Å². The van der Waals surface area contributed by atoms with E-state index in [9.17, 15) is 28.3 Å². The van der Waals surface area contributed by atoms with Gasteiger partial charge in [-0.15, -0.1) is 0 Å². The van der Waals surface area contributed by atoms with Crippen molar-refractivity contribution in [2.75, 3.05) is 31.1 Å². The molecule has 2 aromatic rings. The fraction of sp³-hybridized carbons (Fsp3) is 0.577. The number of carbonyl (C=O) groups excluding carboxylic acids is 1. The van der Waals surface area contributed by atoms with E-state index in [0.717, 1.165) is 12.3 Å². The number of benzene rings is 1. The summed E-state index contributed by atoms with van der Waals surface area (Å²) < 4.78 is 60.8. The van der Waals surface area contributed by atoms with Gasteiger partial charge in [0.15, 0.2) is 11.6 Å². The summed E-state index contributed by atoms with van der Waals surface area (Å²) in [4.78, 5) is 38.5. The molecule has 2 saturated heterocycles. The van der Waals surface area contributed by atoms with E-state index >= 15 is 4.39 Å². The fourth-order valence-electron chi connectivity index (χ4n) is 5.56. The first-order chi connectivity index (χ1) is 18.3. The van der Waals surface area contributed by atoms with Crippen LogP contribution in [0.25, 0.3) is 10.9 Å². The second-order valence-corrected chi connectivity index (χ2v) is 11.3. The third-order valence-corrected chi connectivity index (χ3v) is 7.32. The molecule has 1 aliphatic carbocycles. The number of hydrogen-bond donors (Lipinski definition) is 2. The van der Waals surface area contributed by atoms with Crippen LogP contribution in [0.15, 0.2) is 17.1 Å². The summed E-state index contributed by atoms with van der Waals surface area (Å²) in [7, 11) is 0. The molecule has 1 unspecified atom stereocenters. The van der Waals surface area contributed by atoms with Gasteiger partial charge >= 0.3 is 18.7 Å². The number of nitrogens with one attached hydrogen (secondary N) is 1. The number of carboxylic acid groups (broad SMARTS) is 1. The van der Waals surface area contributed by atoms with Crippen LogP contribution in [-0.4, -0.2) is 65.8 Å². The summed E-state index contributed by atoms with van der Waals surface area (Å²) in [5.41, 5.74) is -3.56. The van der Waals surface area contributed by atoms with Crippen LogP contribution in [0.5, 0.6) is 5.75 Å². The number of fused-ring (bicyclic) bond motifs is 2. The fourth-order valence-corrected chi connectivity index (χ4v) is 5.56. The van der Waals surface area contributed by atoms with Crippen molar-refractivity contribution in [3.05, 3.63) is 33.9 Å². The van der Waals surface area contributed by atoms with Crippen LogP contribution in [0.1, 0.15) is 56.4 Å². The van der Waals surface area contributed by atoms with E-state index in [1.54, 1.807) is 20.8 Å². The van der Waals surface area contributed by atoms with E-state index in [4.69, 9.17) is 14.2 Å². The summed E-state index contributed by atoms with van der Waals surface area (Å²) in [6.07, 6.45) is 2.33. The number of anilines is 1. The largest absolute Gasteiger partial charge is 0.477 e. The second kappa shape index (κ2) is 9.61. The molecule has 2 aliphatic heterocycles. The summed E-state index contributed by atoms with van der Waals surface area (Å²) in [6.45, 7) is 2.58. The smallest absolute Gasteiger partial charge is 0.407 e. The normalized spacial score (nSPS) is 22.8. The van der Waals surface area contributed by atoms with Crippen molar-refractivity contribution in [2.24, 2.45) is 5.92 Å². The van der Waals surface area contributed by atoms with Crippen LogP contribution in [-0.2, 0) is 9.47 Å². The number of aromatic carboxylic acids is 1. The van der Waals surface area contributed by atoms with E-state index in [0.29, 0.717) is 25.9 Å². The quantitative estimate of drug-likeness (QED) is 0.530. The van der Waals surface area contributed by atoms with Crippen LogP contribution >= 0.6 is 0 Å². The number of halogens is 3. The number of nitrogens with zero attached hydrogens (tertiary/aromatic N) is 2. The van der Waals surface area contributed by atoms with Gasteiger partial charge in [-0.2, -0.15) is 8.78 Å². The van der Waals surface area contributed by atoms with Crippen LogP contribution in [0.2, 0.25) is 0 Å². The zero-order valence-electron chi connectivity index (χ0n) is 21.8. The maximum Gasteiger partial charge on any atom is 0.407 e. The van der Waals surface area contributed by atoms with Gasteiger partial charge in [-0.05, 0) is 46.1 Å². The molecule has 3 fully saturated rings. The second-order valence-electron chi connectivity index (χ2n) is 11.3. The number of pyridine rings is 1. The number of hydrogen-bond acceptors (Lipinski definition) is 7. The molecule has 3 heterocycles. The van der Waals surface area contributed by atoms with Gasteiger partial charge in [0.25, 0.3) is 0 Å². The molecule has 0 spiro atoms. The molecular formula is C26H30F3N3O7. The van der Waals surface area contributed by atoms with Crippen molar-refractivity contribution in [2.45, 2.75) is 63.9 Å². The minimum absolute atomic E-state index is 0.0519. The maximum atomic E-state index is 15.8. The SMILES string of the molecule is CC(C)(C)OC(=O)NC[C@@]12CN(c3c(F)cc4c(=O)c(C(=O)O)cn(C5CC5)c4c3OC(F)F)CC1CCO2. The lowest BCUT2D eigenvalue weighted by atomic mass is 9.91. The van der Waals surface area contributed by atoms with Gasteiger partial charge in [0.05, 0.1) is 17.4 Å². The molecule has 1 saturated carbocycles. The highest BCUT2D eigenvalue weighted by Crippen LogP contribution is 2.48. The first-order valence-electron chi connectivity index (χ1n) is 12.7. The van der Waals surface area contributed by atoms with E-state index < -0.39 is 52.4 Å². The van der Waals surface area contributed by atoms with Crippen LogP contribution in [0, 0.1) is 11.7 Å². The van der Waals surface area contributed by atoms with E-state index in [1.807, 2.05) is 0 Å². The van der Waals surface area contributed by atoms with E-state index in [2.05, 4.69) is 5.32 Å². The Balaban J connectivity index is 1.58. The van der Waals surface area contributed by atoms with Crippen molar-refractivity contribution in [1.82, 2.24) is 9.88 Å². The molecule has 2 N–H and O–H groups in total. The maximum absolute atomic E-state index is 15.8. The molecule has 0 radical (unpaired) electrons. The number of aromatic nitrogens is 1. The zero-order valence-corrected chi connectivity index (χ0v) is 21.8. The molecule has 1 aromatic carbocycles. The minimum Gasteiger partial charge on any atom is -0.477 e. The molecule has 5 rings (SSSR count). The lowest BCUT2D eigenvalue weighted by molar-refractivity contribution is -0.0488. The monoisotopic (exact) mass is 553 g/mol. The Morgan fingerprint density at radius 2 is 2.00 bits per heavy atom. The third kappa shape index (κ3) is 5.11.